The number of rotatable bonds is 7. The first-order valence-corrected chi connectivity index (χ1v) is 13.5. The van der Waals surface area contributed by atoms with Crippen molar-refractivity contribution >= 4 is 13.8 Å². The van der Waals surface area contributed by atoms with Gasteiger partial charge in [-0.2, -0.15) is 36.5 Å². The van der Waals surface area contributed by atoms with E-state index in [1.807, 2.05) is 0 Å². The van der Waals surface area contributed by atoms with Gasteiger partial charge in [0, 0.05) is 13.1 Å². The fourth-order valence-corrected chi connectivity index (χ4v) is 5.08. The van der Waals surface area contributed by atoms with Crippen molar-refractivity contribution in [1.29, 1.82) is 0 Å². The van der Waals surface area contributed by atoms with Crippen molar-refractivity contribution in [3.05, 3.63) is 70.5 Å². The molecular weight excluding hydrogens is 592 g/mol. The number of amides is 2. The quantitative estimate of drug-likeness (QED) is 0.269. The number of urea groups is 1. The van der Waals surface area contributed by atoms with E-state index in [1.54, 1.807) is 4.90 Å². The fourth-order valence-electron chi connectivity index (χ4n) is 4.49. The van der Waals surface area contributed by atoms with Crippen molar-refractivity contribution in [1.82, 2.24) is 20.4 Å². The summed E-state index contributed by atoms with van der Waals surface area (Å²) < 4.78 is 117. The molecule has 2 fully saturated rings. The molecule has 4 rings (SSSR count). The molecule has 18 heteroatoms. The largest absolute Gasteiger partial charge is 0.448 e. The van der Waals surface area contributed by atoms with Crippen LogP contribution in [0.5, 0.6) is 0 Å². The average Bonchev–Trinajstić information content (AvgIpc) is 3.24. The van der Waals surface area contributed by atoms with Crippen LogP contribution < -0.4 is 10.7 Å². The van der Waals surface area contributed by atoms with Crippen LogP contribution in [0.25, 0.3) is 0 Å². The topological polar surface area (TPSA) is 124 Å². The maximum atomic E-state index is 13.7. The summed E-state index contributed by atoms with van der Waals surface area (Å²) in [5.74, 6) is -0.589. The summed E-state index contributed by atoms with van der Waals surface area (Å²) in [4.78, 5) is 32.3. The predicted molar refractivity (Wildman–Crippen MR) is 126 cm³/mol. The number of hydrazine groups is 1. The zero-order valence-corrected chi connectivity index (χ0v) is 21.9. The zero-order chi connectivity index (χ0) is 30.3. The third kappa shape index (κ3) is 7.35. The highest BCUT2D eigenvalue weighted by molar-refractivity contribution is 7.49. The number of hydrogen-bond donors (Lipinski definition) is 4. The second-order valence-electron chi connectivity index (χ2n) is 9.30. The lowest BCUT2D eigenvalue weighted by atomic mass is 10.0. The highest BCUT2D eigenvalue weighted by Crippen LogP contribution is 2.41. The number of morpholine rings is 1. The van der Waals surface area contributed by atoms with Gasteiger partial charge in [0.1, 0.15) is 12.0 Å². The Balaban J connectivity index is 1.63. The van der Waals surface area contributed by atoms with E-state index in [0.29, 0.717) is 17.7 Å². The van der Waals surface area contributed by atoms with Gasteiger partial charge in [-0.25, -0.2) is 13.8 Å². The molecule has 0 bridgehead atoms. The highest BCUT2D eigenvalue weighted by atomic mass is 31.2. The lowest BCUT2D eigenvalue weighted by molar-refractivity contribution is -0.230. The SMILES string of the molecule is C[C@@H](O[C@H]1OCCN(CC2NC(=O)N(P(=O)(O)O)N2)[C@H]1c1ccc(F)cc1)c1cc(C(F)(F)F)cc(C(F)(F)F)c1. The van der Waals surface area contributed by atoms with E-state index in [-0.39, 0.29) is 30.5 Å². The molecule has 2 heterocycles. The summed E-state index contributed by atoms with van der Waals surface area (Å²) >= 11 is 0. The molecule has 0 aliphatic carbocycles. The Morgan fingerprint density at radius 2 is 1.66 bits per heavy atom. The van der Waals surface area contributed by atoms with Gasteiger partial charge >= 0.3 is 26.1 Å². The molecule has 1 unspecified atom stereocenters. The molecule has 0 saturated carbocycles. The van der Waals surface area contributed by atoms with Crippen LogP contribution >= 0.6 is 7.75 Å². The smallest absolute Gasteiger partial charge is 0.349 e. The van der Waals surface area contributed by atoms with E-state index in [1.165, 1.54) is 19.1 Å². The van der Waals surface area contributed by atoms with Gasteiger partial charge in [0.2, 0.25) is 0 Å². The molecule has 2 aromatic carbocycles. The van der Waals surface area contributed by atoms with Crippen molar-refractivity contribution in [3.8, 4) is 0 Å². The summed E-state index contributed by atoms with van der Waals surface area (Å²) in [5.41, 5.74) is -0.724. The third-order valence-electron chi connectivity index (χ3n) is 6.39. The van der Waals surface area contributed by atoms with Crippen LogP contribution in [0.15, 0.2) is 42.5 Å². The second kappa shape index (κ2) is 11.5. The molecular formula is C23H24F7N4O6P. The van der Waals surface area contributed by atoms with Crippen molar-refractivity contribution < 1.29 is 59.4 Å². The number of nitrogens with one attached hydrogen (secondary N) is 2. The van der Waals surface area contributed by atoms with Crippen LogP contribution in [-0.2, 0) is 26.4 Å². The summed E-state index contributed by atoms with van der Waals surface area (Å²) in [5, 5.41) is 2.35. The number of carbonyl (C=O) groups is 1. The van der Waals surface area contributed by atoms with Crippen LogP contribution in [0.4, 0.5) is 35.5 Å². The molecule has 4 N–H and O–H groups in total. The zero-order valence-electron chi connectivity index (χ0n) is 21.0. The molecule has 2 saturated heterocycles. The number of alkyl halides is 6. The van der Waals surface area contributed by atoms with E-state index in [2.05, 4.69) is 10.7 Å². The molecule has 226 valence electrons. The molecule has 2 aliphatic rings. The van der Waals surface area contributed by atoms with Gasteiger partial charge in [-0.05, 0) is 48.4 Å². The van der Waals surface area contributed by atoms with Gasteiger partial charge < -0.3 is 24.6 Å². The Kier molecular flexibility index (Phi) is 8.72. The Morgan fingerprint density at radius 3 is 2.17 bits per heavy atom. The molecule has 0 aromatic heterocycles. The first-order valence-electron chi connectivity index (χ1n) is 11.9. The summed E-state index contributed by atoms with van der Waals surface area (Å²) in [6, 6.07) is 4.05. The minimum atomic E-state index is -5.07. The number of benzene rings is 2. The molecule has 41 heavy (non-hydrogen) atoms. The minimum absolute atomic E-state index is 0.000195. The van der Waals surface area contributed by atoms with Gasteiger partial charge in [-0.15, -0.1) is 0 Å². The molecule has 2 amide bonds. The van der Waals surface area contributed by atoms with Crippen molar-refractivity contribution in [2.45, 2.75) is 43.9 Å². The molecule has 2 aromatic rings. The molecule has 0 radical (unpaired) electrons. The maximum absolute atomic E-state index is 13.7. The maximum Gasteiger partial charge on any atom is 0.448 e. The van der Waals surface area contributed by atoms with Crippen LogP contribution in [0.2, 0.25) is 0 Å². The van der Waals surface area contributed by atoms with Crippen molar-refractivity contribution in [3.63, 3.8) is 0 Å². The van der Waals surface area contributed by atoms with Gasteiger partial charge in [0.15, 0.2) is 6.29 Å². The summed E-state index contributed by atoms with van der Waals surface area (Å²) in [6.07, 6.45) is -13.8. The number of hydrogen-bond acceptors (Lipinski definition) is 6. The number of ether oxygens (including phenoxy) is 2. The van der Waals surface area contributed by atoms with Gasteiger partial charge in [-0.1, -0.05) is 12.1 Å². The first-order chi connectivity index (χ1) is 18.9. The number of carbonyl (C=O) groups excluding carboxylic acids is 1. The minimum Gasteiger partial charge on any atom is -0.349 e. The van der Waals surface area contributed by atoms with Crippen LogP contribution in [0.3, 0.4) is 0 Å². The Hall–Kier alpha value is -2.79. The fraction of sp³-hybridized carbons (Fsp3) is 0.435. The molecule has 0 spiro atoms. The van der Waals surface area contributed by atoms with Crippen LogP contribution in [0.1, 0.15) is 41.3 Å². The predicted octanol–water partition coefficient (Wildman–Crippen LogP) is 4.29. The van der Waals surface area contributed by atoms with Crippen LogP contribution in [-0.4, -0.2) is 57.6 Å². The Labute approximate surface area is 228 Å². The molecule has 2 aliphatic heterocycles. The monoisotopic (exact) mass is 616 g/mol. The number of halogens is 7. The van der Waals surface area contributed by atoms with Crippen molar-refractivity contribution in [2.75, 3.05) is 19.7 Å². The summed E-state index contributed by atoms with van der Waals surface area (Å²) in [7, 11) is -5.00. The molecule has 10 nitrogen and oxygen atoms in total. The Bertz CT molecular complexity index is 1270. The Morgan fingerprint density at radius 1 is 1.07 bits per heavy atom. The molecule has 4 atom stereocenters. The average molecular weight is 616 g/mol. The van der Waals surface area contributed by atoms with Gasteiger partial charge in [0.25, 0.3) is 0 Å². The van der Waals surface area contributed by atoms with E-state index in [0.717, 1.165) is 12.1 Å². The first kappa shape index (κ1) is 31.2. The standard InChI is InChI=1S/C23H24F7N4O6P/c1-12(14-8-15(22(25,26)27)10-16(9-14)23(28,29)30)40-20-19(13-2-4-17(24)5-3-13)33(6-7-39-20)11-18-31-21(35)34(32-18)41(36,37)38/h2-5,8-10,12,18-20,32H,6-7,11H2,1H3,(H,31,35)(H2,36,37,38)/t12-,18?,19+,20-/m1/s1. The lowest BCUT2D eigenvalue weighted by Gasteiger charge is -2.42. The van der Waals surface area contributed by atoms with E-state index >= 15 is 0 Å². The van der Waals surface area contributed by atoms with E-state index < -0.39 is 73.2 Å². The third-order valence-corrected chi connectivity index (χ3v) is 7.21. The normalized spacial score (nSPS) is 23.5. The number of nitrogens with zero attached hydrogens (tertiary/aromatic N) is 2. The van der Waals surface area contributed by atoms with Crippen LogP contribution in [0, 0.1) is 5.82 Å². The summed E-state index contributed by atoms with van der Waals surface area (Å²) in [6.45, 7) is 1.26. The van der Waals surface area contributed by atoms with E-state index in [9.17, 15) is 49.9 Å². The lowest BCUT2D eigenvalue weighted by Crippen LogP contribution is -2.53. The van der Waals surface area contributed by atoms with E-state index in [4.69, 9.17) is 9.47 Å². The highest BCUT2D eigenvalue weighted by Gasteiger charge is 2.43. The van der Waals surface area contributed by atoms with Crippen molar-refractivity contribution in [2.24, 2.45) is 0 Å². The van der Waals surface area contributed by atoms with Gasteiger partial charge in [0.05, 0.1) is 29.9 Å². The second-order valence-corrected chi connectivity index (χ2v) is 10.7. The van der Waals surface area contributed by atoms with Gasteiger partial charge in [-0.3, -0.25) is 4.90 Å².